The summed E-state index contributed by atoms with van der Waals surface area (Å²) in [5.41, 5.74) is 4.42. The van der Waals surface area contributed by atoms with E-state index in [1.165, 1.54) is 25.5 Å². The number of methoxy groups -OCH3 is 1. The molecule has 0 saturated carbocycles. The summed E-state index contributed by atoms with van der Waals surface area (Å²) in [7, 11) is -2.46. The lowest BCUT2D eigenvalue weighted by Gasteiger charge is -2.22. The molecule has 0 heterocycles. The zero-order valence-electron chi connectivity index (χ0n) is 18.2. The molecule has 0 radical (unpaired) electrons. The Balaban J connectivity index is 1.82. The molecule has 9 heteroatoms. The largest absolute Gasteiger partial charge is 0.496 e. The molecule has 0 aromatic heterocycles. The lowest BCUT2D eigenvalue weighted by atomic mass is 10.2. The fraction of sp³-hybridized carbons (Fsp3) is 0.167. The Labute approximate surface area is 198 Å². The van der Waals surface area contributed by atoms with Gasteiger partial charge in [0.2, 0.25) is 10.0 Å². The number of carbonyl (C=O) groups excluding carboxylic acids is 1. The van der Waals surface area contributed by atoms with Crippen molar-refractivity contribution in [2.45, 2.75) is 18.4 Å². The second-order valence-corrected chi connectivity index (χ2v) is 9.55. The van der Waals surface area contributed by atoms with Crippen LogP contribution in [0, 0.1) is 6.92 Å². The molecule has 0 unspecified atom stereocenters. The first kappa shape index (κ1) is 24.4. The normalized spacial score (nSPS) is 11.6. The van der Waals surface area contributed by atoms with Gasteiger partial charge < -0.3 is 4.74 Å². The van der Waals surface area contributed by atoms with Gasteiger partial charge in [0, 0.05) is 17.1 Å². The average Bonchev–Trinajstić information content (AvgIpc) is 2.80. The van der Waals surface area contributed by atoms with Gasteiger partial charge in [-0.05, 0) is 42.3 Å². The van der Waals surface area contributed by atoms with Gasteiger partial charge in [-0.2, -0.15) is 9.41 Å². The molecule has 3 aromatic carbocycles. The minimum Gasteiger partial charge on any atom is -0.496 e. The standard InChI is InChI=1S/C24H24ClN3O4S/c1-18-14-21(12-13-23(18)32-2)33(30,31)28(16-19-8-4-3-5-9-19)17-24(29)27-26-15-20-10-6-7-11-22(20)25/h3-15H,16-17H2,1-2H3,(H,27,29). The molecule has 0 aliphatic rings. The number of nitrogens with zero attached hydrogens (tertiary/aromatic N) is 2. The molecule has 3 rings (SSSR count). The molecule has 1 amide bonds. The van der Waals surface area contributed by atoms with E-state index in [9.17, 15) is 13.2 Å². The van der Waals surface area contributed by atoms with Crippen LogP contribution in [-0.2, 0) is 21.4 Å². The van der Waals surface area contributed by atoms with Gasteiger partial charge in [-0.15, -0.1) is 0 Å². The predicted octanol–water partition coefficient (Wildman–Crippen LogP) is 4.00. The summed E-state index contributed by atoms with van der Waals surface area (Å²) in [6.45, 7) is 1.37. The van der Waals surface area contributed by atoms with E-state index in [0.717, 1.165) is 9.87 Å². The summed E-state index contributed by atoms with van der Waals surface area (Å²) in [4.78, 5) is 12.7. The molecule has 33 heavy (non-hydrogen) atoms. The Morgan fingerprint density at radius 3 is 2.45 bits per heavy atom. The second kappa shape index (κ2) is 11.1. The number of nitrogens with one attached hydrogen (secondary N) is 1. The first-order chi connectivity index (χ1) is 15.8. The Morgan fingerprint density at radius 2 is 1.79 bits per heavy atom. The maximum atomic E-state index is 13.4. The number of ether oxygens (including phenoxy) is 1. The molecule has 7 nitrogen and oxygen atoms in total. The topological polar surface area (TPSA) is 88.1 Å². The molecule has 0 bridgehead atoms. The van der Waals surface area contributed by atoms with Gasteiger partial charge >= 0.3 is 0 Å². The van der Waals surface area contributed by atoms with E-state index >= 15 is 0 Å². The minimum atomic E-state index is -3.98. The smallest absolute Gasteiger partial charge is 0.255 e. The van der Waals surface area contributed by atoms with Gasteiger partial charge in [0.15, 0.2) is 0 Å². The monoisotopic (exact) mass is 485 g/mol. The van der Waals surface area contributed by atoms with Crippen molar-refractivity contribution in [3.8, 4) is 5.75 Å². The Morgan fingerprint density at radius 1 is 1.09 bits per heavy atom. The fourth-order valence-corrected chi connectivity index (χ4v) is 4.78. The van der Waals surface area contributed by atoms with Crippen LogP contribution in [0.3, 0.4) is 0 Å². The van der Waals surface area contributed by atoms with E-state index in [2.05, 4.69) is 10.5 Å². The Bertz CT molecular complexity index is 1250. The number of rotatable bonds is 9. The number of halogens is 1. The minimum absolute atomic E-state index is 0.0237. The molecule has 0 aliphatic carbocycles. The number of benzene rings is 3. The molecule has 0 saturated heterocycles. The van der Waals surface area contributed by atoms with Crippen LogP contribution in [0.25, 0.3) is 0 Å². The number of aryl methyl sites for hydroxylation is 1. The van der Waals surface area contributed by atoms with Crippen molar-refractivity contribution < 1.29 is 17.9 Å². The summed E-state index contributed by atoms with van der Waals surface area (Å²) in [6.07, 6.45) is 1.41. The first-order valence-electron chi connectivity index (χ1n) is 10.1. The van der Waals surface area contributed by atoms with E-state index in [-0.39, 0.29) is 11.4 Å². The third-order valence-corrected chi connectivity index (χ3v) is 6.96. The van der Waals surface area contributed by atoms with Gasteiger partial charge in [0.1, 0.15) is 5.75 Å². The van der Waals surface area contributed by atoms with Crippen LogP contribution >= 0.6 is 11.6 Å². The van der Waals surface area contributed by atoms with Crippen LogP contribution in [0.4, 0.5) is 0 Å². The second-order valence-electron chi connectivity index (χ2n) is 7.20. The lowest BCUT2D eigenvalue weighted by molar-refractivity contribution is -0.121. The molecule has 172 valence electrons. The summed E-state index contributed by atoms with van der Waals surface area (Å²) in [5, 5.41) is 4.39. The van der Waals surface area contributed by atoms with Crippen molar-refractivity contribution in [1.29, 1.82) is 0 Å². The van der Waals surface area contributed by atoms with Crippen LogP contribution < -0.4 is 10.2 Å². The quantitative estimate of drug-likeness (QED) is 0.366. The Kier molecular flexibility index (Phi) is 8.21. The van der Waals surface area contributed by atoms with Crippen molar-refractivity contribution in [2.24, 2.45) is 5.10 Å². The predicted molar refractivity (Wildman–Crippen MR) is 129 cm³/mol. The van der Waals surface area contributed by atoms with Crippen molar-refractivity contribution in [2.75, 3.05) is 13.7 Å². The maximum absolute atomic E-state index is 13.4. The molecular weight excluding hydrogens is 462 g/mol. The van der Waals surface area contributed by atoms with E-state index < -0.39 is 22.5 Å². The average molecular weight is 486 g/mol. The Hall–Kier alpha value is -3.20. The molecule has 1 N–H and O–H groups in total. The SMILES string of the molecule is COc1ccc(S(=O)(=O)N(CC(=O)NN=Cc2ccccc2Cl)Cc2ccccc2)cc1C. The number of hydrogen-bond donors (Lipinski definition) is 1. The van der Waals surface area contributed by atoms with Crippen molar-refractivity contribution in [3.05, 3.63) is 94.5 Å². The number of sulfonamides is 1. The van der Waals surface area contributed by atoms with Gasteiger partial charge in [0.05, 0.1) is 24.8 Å². The van der Waals surface area contributed by atoms with Crippen LogP contribution in [0.15, 0.2) is 82.8 Å². The van der Waals surface area contributed by atoms with Crippen LogP contribution in [0.1, 0.15) is 16.7 Å². The van der Waals surface area contributed by atoms with Crippen molar-refractivity contribution >= 4 is 33.7 Å². The molecule has 0 spiro atoms. The summed E-state index contributed by atoms with van der Waals surface area (Å²) in [5.74, 6) is -0.00162. The number of carbonyl (C=O) groups is 1. The molecule has 0 atom stereocenters. The van der Waals surface area contributed by atoms with Gasteiger partial charge in [0.25, 0.3) is 5.91 Å². The number of hydrogen-bond acceptors (Lipinski definition) is 5. The first-order valence-corrected chi connectivity index (χ1v) is 11.9. The highest BCUT2D eigenvalue weighted by Crippen LogP contribution is 2.24. The number of hydrazone groups is 1. The zero-order valence-corrected chi connectivity index (χ0v) is 19.8. The van der Waals surface area contributed by atoms with Crippen molar-refractivity contribution in [3.63, 3.8) is 0 Å². The van der Waals surface area contributed by atoms with Crippen LogP contribution in [0.5, 0.6) is 5.75 Å². The highest BCUT2D eigenvalue weighted by atomic mass is 35.5. The molecule has 3 aromatic rings. The molecule has 0 fully saturated rings. The third kappa shape index (κ3) is 6.41. The van der Waals surface area contributed by atoms with E-state index in [1.807, 2.05) is 18.2 Å². The fourth-order valence-electron chi connectivity index (χ4n) is 3.12. The molecular formula is C24H24ClN3O4S. The van der Waals surface area contributed by atoms with E-state index in [0.29, 0.717) is 21.9 Å². The van der Waals surface area contributed by atoms with Gasteiger partial charge in [-0.1, -0.05) is 60.1 Å². The van der Waals surface area contributed by atoms with Crippen LogP contribution in [-0.4, -0.2) is 38.5 Å². The van der Waals surface area contributed by atoms with E-state index in [1.54, 1.807) is 49.4 Å². The van der Waals surface area contributed by atoms with Crippen molar-refractivity contribution in [1.82, 2.24) is 9.73 Å². The van der Waals surface area contributed by atoms with Gasteiger partial charge in [-0.25, -0.2) is 13.8 Å². The highest BCUT2D eigenvalue weighted by Gasteiger charge is 2.27. The molecule has 0 aliphatic heterocycles. The summed E-state index contributed by atoms with van der Waals surface area (Å²) >= 11 is 6.08. The van der Waals surface area contributed by atoms with Gasteiger partial charge in [-0.3, -0.25) is 4.79 Å². The summed E-state index contributed by atoms with van der Waals surface area (Å²) in [6, 6.07) is 20.7. The third-order valence-electron chi connectivity index (χ3n) is 4.82. The number of amides is 1. The summed E-state index contributed by atoms with van der Waals surface area (Å²) < 4.78 is 33.2. The van der Waals surface area contributed by atoms with E-state index in [4.69, 9.17) is 16.3 Å². The highest BCUT2D eigenvalue weighted by molar-refractivity contribution is 7.89. The lowest BCUT2D eigenvalue weighted by Crippen LogP contribution is -2.39. The van der Waals surface area contributed by atoms with Crippen LogP contribution in [0.2, 0.25) is 5.02 Å². The maximum Gasteiger partial charge on any atom is 0.255 e. The zero-order chi connectivity index (χ0) is 23.8.